The molecule has 4 nitrogen and oxygen atoms in total. The third-order valence-electron chi connectivity index (χ3n) is 4.25. The Morgan fingerprint density at radius 2 is 1.04 bits per heavy atom. The molecule has 0 aromatic heterocycles. The van der Waals surface area contributed by atoms with Crippen molar-refractivity contribution in [3.63, 3.8) is 0 Å². The second kappa shape index (κ2) is 15.5. The Bertz CT molecular complexity index is 565. The van der Waals surface area contributed by atoms with E-state index in [0.717, 1.165) is 24.3 Å². The van der Waals surface area contributed by atoms with Crippen molar-refractivity contribution < 1.29 is 34.0 Å². The standard InChI is InChI=1S/2C11H16O.Co.2H2O/c2*1-2-3-4-7-10-8-5-6-9-11(10)12;;;/h2*5-6,8-9,12H,2-4,7H2,1H3;;2*1H2/q;;+2;;/p-2. The van der Waals surface area contributed by atoms with Gasteiger partial charge in [-0.1, -0.05) is 0 Å². The van der Waals surface area contributed by atoms with Crippen LogP contribution in [0.1, 0.15) is 63.5 Å². The molecular formula is C22H34CoO4. The van der Waals surface area contributed by atoms with Crippen LogP contribution in [0.5, 0.6) is 11.5 Å². The molecule has 27 heavy (non-hydrogen) atoms. The van der Waals surface area contributed by atoms with Crippen LogP contribution in [0.3, 0.4) is 0 Å². The molecule has 2 rings (SSSR count). The van der Waals surface area contributed by atoms with E-state index >= 15 is 0 Å². The van der Waals surface area contributed by atoms with Gasteiger partial charge in [-0.2, -0.15) is 0 Å². The molecule has 0 radical (unpaired) electrons. The minimum atomic E-state index is 0. The minimum absolute atomic E-state index is 0. The first-order valence-electron chi connectivity index (χ1n) is 9.46. The topological polar surface area (TPSA) is 81.5 Å². The van der Waals surface area contributed by atoms with Gasteiger partial charge >= 0.3 is 159 Å². The fourth-order valence-corrected chi connectivity index (χ4v) is 3.40. The monoisotopic (exact) mass is 421 g/mol. The Balaban J connectivity index is 0.00000338. The molecule has 2 aromatic rings. The summed E-state index contributed by atoms with van der Waals surface area (Å²) in [5.74, 6) is 1.86. The molecule has 0 atom stereocenters. The van der Waals surface area contributed by atoms with Gasteiger partial charge in [-0.25, -0.2) is 0 Å². The minimum Gasteiger partial charge on any atom is -0.412 e. The molecule has 0 amide bonds. The summed E-state index contributed by atoms with van der Waals surface area (Å²) in [5, 5.41) is 0. The van der Waals surface area contributed by atoms with Gasteiger partial charge in [-0.3, -0.25) is 0 Å². The normalized spacial score (nSPS) is 10.0. The zero-order valence-corrected chi connectivity index (χ0v) is 17.5. The van der Waals surface area contributed by atoms with E-state index in [2.05, 4.69) is 38.1 Å². The summed E-state index contributed by atoms with van der Waals surface area (Å²) in [5.41, 5.74) is 2.53. The third kappa shape index (κ3) is 9.29. The molecule has 0 spiro atoms. The van der Waals surface area contributed by atoms with Gasteiger partial charge in [0.2, 0.25) is 0 Å². The molecule has 155 valence electrons. The summed E-state index contributed by atoms with van der Waals surface area (Å²) in [6.45, 7) is 4.46. The van der Waals surface area contributed by atoms with E-state index < -0.39 is 0 Å². The number of hydrogen-bond donors (Lipinski definition) is 0. The van der Waals surface area contributed by atoms with E-state index in [-0.39, 0.29) is 11.0 Å². The van der Waals surface area contributed by atoms with Crippen LogP contribution < -0.4 is 7.70 Å². The van der Waals surface area contributed by atoms with E-state index in [9.17, 15) is 0 Å². The molecule has 0 aliphatic heterocycles. The molecule has 0 saturated heterocycles. The predicted molar refractivity (Wildman–Crippen MR) is 108 cm³/mol. The Morgan fingerprint density at radius 3 is 1.44 bits per heavy atom. The smallest absolute Gasteiger partial charge is 0.412 e. The SMILES string of the molecule is CCCCCc1ccccc1[O][Co][O]c1ccccc1CCCCC.O.O. The summed E-state index contributed by atoms with van der Waals surface area (Å²) in [6, 6.07) is 16.6. The molecule has 0 heterocycles. The summed E-state index contributed by atoms with van der Waals surface area (Å²) in [4.78, 5) is 0. The first kappa shape index (κ1) is 25.5. The zero-order chi connectivity index (χ0) is 17.7. The second-order valence-electron chi connectivity index (χ2n) is 6.32. The van der Waals surface area contributed by atoms with Crippen LogP contribution in [-0.2, 0) is 28.2 Å². The second-order valence-corrected chi connectivity index (χ2v) is 6.92. The Labute approximate surface area is 170 Å². The maximum atomic E-state index is 5.90. The quantitative estimate of drug-likeness (QED) is 0.458. The Hall–Kier alpha value is -1.53. The van der Waals surface area contributed by atoms with Crippen molar-refractivity contribution in [3.8, 4) is 11.5 Å². The number of unbranched alkanes of at least 4 members (excludes halogenated alkanes) is 4. The number of aryl methyl sites for hydroxylation is 2. The molecule has 5 heteroatoms. The van der Waals surface area contributed by atoms with Gasteiger partial charge in [0, 0.05) is 0 Å². The number of para-hydroxylation sites is 2. The van der Waals surface area contributed by atoms with Crippen molar-refractivity contribution in [3.05, 3.63) is 59.7 Å². The fourth-order valence-electron chi connectivity index (χ4n) is 2.76. The van der Waals surface area contributed by atoms with Gasteiger partial charge in [0.15, 0.2) is 0 Å². The fraction of sp³-hybridized carbons (Fsp3) is 0.455. The molecule has 0 saturated carbocycles. The van der Waals surface area contributed by atoms with E-state index in [1.54, 1.807) is 0 Å². The van der Waals surface area contributed by atoms with Crippen LogP contribution in [0.2, 0.25) is 0 Å². The van der Waals surface area contributed by atoms with Crippen LogP contribution in [0, 0.1) is 0 Å². The van der Waals surface area contributed by atoms with E-state index in [4.69, 9.17) is 7.70 Å². The van der Waals surface area contributed by atoms with Crippen LogP contribution in [0.25, 0.3) is 0 Å². The maximum Gasteiger partial charge on any atom is -0.412 e. The van der Waals surface area contributed by atoms with Crippen molar-refractivity contribution in [1.82, 2.24) is 0 Å². The molecule has 2 aromatic carbocycles. The van der Waals surface area contributed by atoms with E-state index in [1.165, 1.54) is 49.7 Å². The van der Waals surface area contributed by atoms with Crippen LogP contribution in [0.15, 0.2) is 48.5 Å². The van der Waals surface area contributed by atoms with Gasteiger partial charge in [0.05, 0.1) is 0 Å². The largest absolute Gasteiger partial charge is 0.412 e. The molecule has 0 bridgehead atoms. The van der Waals surface area contributed by atoms with Crippen molar-refractivity contribution in [1.29, 1.82) is 0 Å². The van der Waals surface area contributed by atoms with Crippen molar-refractivity contribution in [2.45, 2.75) is 65.2 Å². The van der Waals surface area contributed by atoms with Gasteiger partial charge in [-0.05, 0) is 0 Å². The average Bonchev–Trinajstić information content (AvgIpc) is 2.64. The Morgan fingerprint density at radius 1 is 0.630 bits per heavy atom. The van der Waals surface area contributed by atoms with E-state index in [1.807, 2.05) is 24.3 Å². The van der Waals surface area contributed by atoms with Crippen LogP contribution in [0.4, 0.5) is 0 Å². The summed E-state index contributed by atoms with van der Waals surface area (Å²) >= 11 is 0.562. The summed E-state index contributed by atoms with van der Waals surface area (Å²) in [6.07, 6.45) is 9.51. The molecule has 0 fully saturated rings. The number of hydrogen-bond acceptors (Lipinski definition) is 2. The summed E-state index contributed by atoms with van der Waals surface area (Å²) in [7, 11) is 0. The number of benzene rings is 2. The zero-order valence-electron chi connectivity index (χ0n) is 16.4. The van der Waals surface area contributed by atoms with Crippen LogP contribution >= 0.6 is 0 Å². The van der Waals surface area contributed by atoms with Gasteiger partial charge in [-0.15, -0.1) is 0 Å². The molecule has 0 unspecified atom stereocenters. The number of rotatable bonds is 12. The molecular weight excluding hydrogens is 387 g/mol. The van der Waals surface area contributed by atoms with Gasteiger partial charge in [0.25, 0.3) is 0 Å². The average molecular weight is 421 g/mol. The van der Waals surface area contributed by atoms with Crippen molar-refractivity contribution in [2.75, 3.05) is 0 Å². The molecule has 0 aliphatic carbocycles. The van der Waals surface area contributed by atoms with Gasteiger partial charge in [0.1, 0.15) is 0 Å². The third-order valence-corrected chi connectivity index (χ3v) is 4.88. The van der Waals surface area contributed by atoms with Gasteiger partial charge < -0.3 is 11.0 Å². The predicted octanol–water partition coefficient (Wildman–Crippen LogP) is 4.87. The maximum absolute atomic E-state index is 5.90. The first-order valence-corrected chi connectivity index (χ1v) is 10.3. The van der Waals surface area contributed by atoms with Crippen molar-refractivity contribution >= 4 is 0 Å². The molecule has 0 aliphatic rings. The van der Waals surface area contributed by atoms with E-state index in [0.29, 0.717) is 15.3 Å². The molecule has 4 N–H and O–H groups in total. The van der Waals surface area contributed by atoms with Crippen molar-refractivity contribution in [2.24, 2.45) is 0 Å². The summed E-state index contributed by atoms with van der Waals surface area (Å²) < 4.78 is 11.8. The first-order chi connectivity index (χ1) is 12.3. The Kier molecular flexibility index (Phi) is 14.6. The van der Waals surface area contributed by atoms with Crippen LogP contribution in [-0.4, -0.2) is 11.0 Å².